The zero-order valence-electron chi connectivity index (χ0n) is 22.0. The average Bonchev–Trinajstić information content (AvgIpc) is 3.12. The maximum absolute atomic E-state index is 16.0. The molecule has 1 heterocycles. The number of para-hydroxylation sites is 1. The minimum Gasteiger partial charge on any atom is -0.365 e. The van der Waals surface area contributed by atoms with E-state index < -0.39 is 46.1 Å². The number of methoxy groups -OCH3 is 1. The first-order chi connectivity index (χ1) is 18.3. The van der Waals surface area contributed by atoms with E-state index in [9.17, 15) is 10.1 Å². The summed E-state index contributed by atoms with van der Waals surface area (Å²) in [5.74, 6) is -4.05. The van der Waals surface area contributed by atoms with Gasteiger partial charge in [-0.05, 0) is 47.7 Å². The highest BCUT2D eigenvalue weighted by Crippen LogP contribution is 2.61. The van der Waals surface area contributed by atoms with Crippen molar-refractivity contribution in [2.24, 2.45) is 11.1 Å². The molecule has 4 rings (SSSR count). The minimum absolute atomic E-state index is 0.0610. The number of anilines is 1. The van der Waals surface area contributed by atoms with Gasteiger partial charge < -0.3 is 15.4 Å². The molecule has 9 heteroatoms. The molecule has 1 amide bonds. The van der Waals surface area contributed by atoms with Gasteiger partial charge in [-0.3, -0.25) is 4.79 Å². The molecule has 2 N–H and O–H groups in total. The summed E-state index contributed by atoms with van der Waals surface area (Å²) in [5.41, 5.74) is 2.02. The zero-order chi connectivity index (χ0) is 28.8. The number of nitrogens with zero attached hydrogens (tertiary/aromatic N) is 2. The predicted molar refractivity (Wildman–Crippen MR) is 149 cm³/mol. The van der Waals surface area contributed by atoms with Crippen LogP contribution in [0.5, 0.6) is 0 Å². The van der Waals surface area contributed by atoms with E-state index in [0.29, 0.717) is 5.69 Å². The molecule has 5 nitrogen and oxygen atoms in total. The van der Waals surface area contributed by atoms with Crippen molar-refractivity contribution in [1.29, 1.82) is 5.26 Å². The van der Waals surface area contributed by atoms with Gasteiger partial charge in [-0.25, -0.2) is 8.78 Å². The number of nitrogens with two attached hydrogens (primary N) is 1. The molecule has 1 aliphatic heterocycles. The van der Waals surface area contributed by atoms with Gasteiger partial charge in [0, 0.05) is 23.4 Å². The fourth-order valence-electron chi connectivity index (χ4n) is 6.00. The Morgan fingerprint density at radius 2 is 1.77 bits per heavy atom. The van der Waals surface area contributed by atoms with Crippen LogP contribution >= 0.6 is 23.2 Å². The number of halogens is 4. The van der Waals surface area contributed by atoms with Crippen molar-refractivity contribution in [2.45, 2.75) is 50.3 Å². The highest BCUT2D eigenvalue weighted by atomic mass is 35.5. The number of carbonyl (C=O) groups is 1. The fraction of sp³-hybridized carbons (Fsp3) is 0.333. The number of carbonyl (C=O) groups excluding carboxylic acids is 1. The number of ether oxygens (including phenoxy) is 1. The topological polar surface area (TPSA) is 79.3 Å². The third kappa shape index (κ3) is 4.55. The largest absolute Gasteiger partial charge is 0.365 e. The van der Waals surface area contributed by atoms with Crippen LogP contribution in [0.15, 0.2) is 66.7 Å². The molecule has 0 aromatic heterocycles. The third-order valence-electron chi connectivity index (χ3n) is 7.40. The summed E-state index contributed by atoms with van der Waals surface area (Å²) in [6.07, 6.45) is 0.272. The van der Waals surface area contributed by atoms with Crippen molar-refractivity contribution in [3.63, 3.8) is 0 Å². The Labute approximate surface area is 237 Å². The lowest BCUT2D eigenvalue weighted by molar-refractivity contribution is -0.141. The van der Waals surface area contributed by atoms with Crippen molar-refractivity contribution in [2.75, 3.05) is 12.0 Å². The van der Waals surface area contributed by atoms with Crippen LogP contribution in [0.1, 0.15) is 44.2 Å². The number of benzene rings is 3. The molecule has 3 aromatic rings. The van der Waals surface area contributed by atoms with Gasteiger partial charge in [0.1, 0.15) is 17.0 Å². The number of hydrogen-bond donors (Lipinski definition) is 1. The second kappa shape index (κ2) is 10.4. The molecule has 0 aliphatic carbocycles. The highest BCUT2D eigenvalue weighted by molar-refractivity contribution is 6.31. The molecule has 39 heavy (non-hydrogen) atoms. The van der Waals surface area contributed by atoms with Crippen LogP contribution in [0.3, 0.4) is 0 Å². The fourth-order valence-corrected chi connectivity index (χ4v) is 6.35. The molecule has 0 radical (unpaired) electrons. The van der Waals surface area contributed by atoms with E-state index in [1.54, 1.807) is 35.2 Å². The number of amides is 1. The van der Waals surface area contributed by atoms with E-state index in [4.69, 9.17) is 33.7 Å². The summed E-state index contributed by atoms with van der Waals surface area (Å²) in [6, 6.07) is 18.5. The quantitative estimate of drug-likeness (QED) is 0.346. The monoisotopic (exact) mass is 571 g/mol. The lowest BCUT2D eigenvalue weighted by Crippen LogP contribution is -2.60. The van der Waals surface area contributed by atoms with Crippen LogP contribution in [-0.4, -0.2) is 24.8 Å². The lowest BCUT2D eigenvalue weighted by Gasteiger charge is -2.42. The third-order valence-corrected chi connectivity index (χ3v) is 7.93. The van der Waals surface area contributed by atoms with Crippen molar-refractivity contribution in [3.05, 3.63) is 99.5 Å². The summed E-state index contributed by atoms with van der Waals surface area (Å²) < 4.78 is 38.0. The maximum atomic E-state index is 16.0. The minimum atomic E-state index is -2.12. The Bertz CT molecular complexity index is 1440. The van der Waals surface area contributed by atoms with Crippen LogP contribution in [0.25, 0.3) is 0 Å². The highest BCUT2D eigenvalue weighted by Gasteiger charge is 2.73. The molecule has 0 spiro atoms. The molecule has 1 fully saturated rings. The predicted octanol–water partition coefficient (Wildman–Crippen LogP) is 6.97. The van der Waals surface area contributed by atoms with Gasteiger partial charge in [-0.15, -0.1) is 0 Å². The Morgan fingerprint density at radius 3 is 2.31 bits per heavy atom. The first-order valence-electron chi connectivity index (χ1n) is 12.3. The number of hydrogen-bond acceptors (Lipinski definition) is 4. The molecule has 4 atom stereocenters. The van der Waals surface area contributed by atoms with E-state index in [0.717, 1.165) is 6.07 Å². The second-order valence-electron chi connectivity index (χ2n) is 10.9. The summed E-state index contributed by atoms with van der Waals surface area (Å²) in [7, 11) is 1.27. The van der Waals surface area contributed by atoms with Gasteiger partial charge in [0.05, 0.1) is 23.1 Å². The Balaban J connectivity index is 2.27. The summed E-state index contributed by atoms with van der Waals surface area (Å²) >= 11 is 12.3. The van der Waals surface area contributed by atoms with Crippen molar-refractivity contribution < 1.29 is 18.3 Å². The Kier molecular flexibility index (Phi) is 7.70. The molecular formula is C30H29Cl2F2N3O2. The van der Waals surface area contributed by atoms with Crippen LogP contribution in [0.2, 0.25) is 10.0 Å². The molecule has 1 saturated heterocycles. The van der Waals surface area contributed by atoms with Gasteiger partial charge in [0.15, 0.2) is 0 Å². The number of primary amides is 1. The standard InChI is InChI=1S/C30H29Cl2F2N3O2/c1-28(2,3)16-24-29(17-35,21-14-13-18(31)15-23(21)33)26(20-11-8-12-22(32)25(20)34)30(39-4,27(36)38)37(24)19-9-6-5-7-10-19/h5-15,24,26H,16H2,1-4H3,(H2,36,38). The van der Waals surface area contributed by atoms with E-state index in [2.05, 4.69) is 6.07 Å². The summed E-state index contributed by atoms with van der Waals surface area (Å²) in [4.78, 5) is 15.3. The molecular weight excluding hydrogens is 543 g/mol. The smallest absolute Gasteiger partial charge is 0.271 e. The van der Waals surface area contributed by atoms with Crippen LogP contribution in [0.4, 0.5) is 14.5 Å². The molecule has 0 bridgehead atoms. The van der Waals surface area contributed by atoms with Crippen LogP contribution in [0, 0.1) is 28.4 Å². The van der Waals surface area contributed by atoms with Crippen LogP contribution < -0.4 is 10.6 Å². The molecule has 4 unspecified atom stereocenters. The van der Waals surface area contributed by atoms with Gasteiger partial charge in [0.2, 0.25) is 5.72 Å². The number of nitriles is 1. The molecule has 204 valence electrons. The average molecular weight is 572 g/mol. The van der Waals surface area contributed by atoms with Crippen molar-refractivity contribution in [3.8, 4) is 6.07 Å². The van der Waals surface area contributed by atoms with E-state index in [1.807, 2.05) is 20.8 Å². The SMILES string of the molecule is COC1(C(N)=O)C(c2cccc(Cl)c2F)C(C#N)(c2ccc(Cl)cc2F)C(CC(C)(C)C)N1c1ccccc1. The molecule has 0 saturated carbocycles. The van der Waals surface area contributed by atoms with Crippen LogP contribution in [-0.2, 0) is 14.9 Å². The molecule has 3 aromatic carbocycles. The zero-order valence-corrected chi connectivity index (χ0v) is 23.5. The molecule has 1 aliphatic rings. The normalized spacial score (nSPS) is 24.9. The second-order valence-corrected chi connectivity index (χ2v) is 11.8. The van der Waals surface area contributed by atoms with Gasteiger partial charge >= 0.3 is 0 Å². The number of rotatable bonds is 6. The van der Waals surface area contributed by atoms with Gasteiger partial charge in [0.25, 0.3) is 5.91 Å². The summed E-state index contributed by atoms with van der Waals surface area (Å²) in [5, 5.41) is 11.1. The lowest BCUT2D eigenvalue weighted by atomic mass is 9.62. The Hall–Kier alpha value is -3.18. The van der Waals surface area contributed by atoms with E-state index in [-0.39, 0.29) is 27.6 Å². The van der Waals surface area contributed by atoms with Gasteiger partial charge in [-0.1, -0.05) is 80.4 Å². The first kappa shape index (κ1) is 28.8. The Morgan fingerprint density at radius 1 is 1.10 bits per heavy atom. The summed E-state index contributed by atoms with van der Waals surface area (Å²) in [6.45, 7) is 5.88. The van der Waals surface area contributed by atoms with E-state index >= 15 is 8.78 Å². The maximum Gasteiger partial charge on any atom is 0.271 e. The van der Waals surface area contributed by atoms with Crippen molar-refractivity contribution in [1.82, 2.24) is 0 Å². The van der Waals surface area contributed by atoms with Crippen molar-refractivity contribution >= 4 is 34.8 Å². The van der Waals surface area contributed by atoms with E-state index in [1.165, 1.54) is 37.4 Å². The first-order valence-corrected chi connectivity index (χ1v) is 13.1. The van der Waals surface area contributed by atoms with Gasteiger partial charge in [-0.2, -0.15) is 5.26 Å².